The van der Waals surface area contributed by atoms with E-state index in [9.17, 15) is 9.18 Å². The number of nitrogens with one attached hydrogen (secondary N) is 2. The third-order valence-corrected chi connectivity index (χ3v) is 4.30. The number of halogens is 1. The van der Waals surface area contributed by atoms with Crippen molar-refractivity contribution in [3.8, 4) is 0 Å². The van der Waals surface area contributed by atoms with Crippen LogP contribution in [-0.2, 0) is 4.74 Å². The molecule has 1 aromatic rings. The second kappa shape index (κ2) is 7.58. The van der Waals surface area contributed by atoms with E-state index in [1.807, 2.05) is 6.92 Å². The van der Waals surface area contributed by atoms with Gasteiger partial charge in [-0.15, -0.1) is 0 Å². The zero-order chi connectivity index (χ0) is 16.1. The topological polar surface area (TPSA) is 50.4 Å². The molecular weight excluding hydrogens is 283 g/mol. The molecule has 0 radical (unpaired) electrons. The minimum Gasteiger partial charge on any atom is -0.373 e. The maximum Gasteiger partial charge on any atom is 0.315 e. The monoisotopic (exact) mass is 308 g/mol. The van der Waals surface area contributed by atoms with Crippen LogP contribution in [-0.4, -0.2) is 25.2 Å². The van der Waals surface area contributed by atoms with Crippen molar-refractivity contribution in [1.82, 2.24) is 10.6 Å². The molecule has 3 atom stereocenters. The molecule has 1 aliphatic rings. The highest BCUT2D eigenvalue weighted by atomic mass is 19.1. The van der Waals surface area contributed by atoms with E-state index in [1.165, 1.54) is 12.1 Å². The first-order chi connectivity index (χ1) is 10.5. The van der Waals surface area contributed by atoms with E-state index >= 15 is 0 Å². The predicted octanol–water partition coefficient (Wildman–Crippen LogP) is 3.25. The van der Waals surface area contributed by atoms with Crippen LogP contribution in [0.1, 0.15) is 38.9 Å². The summed E-state index contributed by atoms with van der Waals surface area (Å²) in [5, 5.41) is 5.84. The molecule has 22 heavy (non-hydrogen) atoms. The van der Waals surface area contributed by atoms with Crippen LogP contribution >= 0.6 is 0 Å². The van der Waals surface area contributed by atoms with Gasteiger partial charge in [-0.2, -0.15) is 0 Å². The smallest absolute Gasteiger partial charge is 0.315 e. The molecule has 1 aliphatic heterocycles. The molecule has 122 valence electrons. The average Bonchev–Trinajstić information content (AvgIpc) is 2.94. The normalized spacial score (nSPS) is 22.6. The van der Waals surface area contributed by atoms with Crippen LogP contribution in [0.4, 0.5) is 9.18 Å². The molecule has 1 aromatic carbocycles. The predicted molar refractivity (Wildman–Crippen MR) is 84.0 cm³/mol. The standard InChI is InChI=1S/C17H25FN2O2/c1-11(2)12(3)20-17(21)19-10-14-8-9-22-16(14)13-4-6-15(18)7-5-13/h4-7,11-12,14,16H,8-10H2,1-3H3,(H2,19,20,21)/t12-,14-,16-/m0/s1. The van der Waals surface area contributed by atoms with Gasteiger partial charge in [0.25, 0.3) is 0 Å². The lowest BCUT2D eigenvalue weighted by atomic mass is 9.95. The number of hydrogen-bond donors (Lipinski definition) is 2. The van der Waals surface area contributed by atoms with Gasteiger partial charge in [0.05, 0.1) is 6.10 Å². The van der Waals surface area contributed by atoms with Gasteiger partial charge < -0.3 is 15.4 Å². The van der Waals surface area contributed by atoms with Crippen molar-refractivity contribution in [3.05, 3.63) is 35.6 Å². The molecule has 0 bridgehead atoms. The third-order valence-electron chi connectivity index (χ3n) is 4.30. The van der Waals surface area contributed by atoms with Crippen molar-refractivity contribution in [3.63, 3.8) is 0 Å². The van der Waals surface area contributed by atoms with Gasteiger partial charge in [-0.25, -0.2) is 9.18 Å². The SMILES string of the molecule is CC(C)[C@H](C)NC(=O)NC[C@@H]1CCO[C@H]1c1ccc(F)cc1. The Labute approximate surface area is 131 Å². The van der Waals surface area contributed by atoms with Crippen LogP contribution in [0.25, 0.3) is 0 Å². The van der Waals surface area contributed by atoms with E-state index in [1.54, 1.807) is 12.1 Å². The summed E-state index contributed by atoms with van der Waals surface area (Å²) in [6, 6.07) is 6.37. The summed E-state index contributed by atoms with van der Waals surface area (Å²) in [5.41, 5.74) is 0.960. The van der Waals surface area contributed by atoms with E-state index in [0.29, 0.717) is 19.1 Å². The highest BCUT2D eigenvalue weighted by Gasteiger charge is 2.30. The first-order valence-corrected chi connectivity index (χ1v) is 7.88. The Morgan fingerprint density at radius 1 is 1.32 bits per heavy atom. The Balaban J connectivity index is 1.86. The minimum atomic E-state index is -0.251. The lowest BCUT2D eigenvalue weighted by molar-refractivity contribution is 0.0909. The summed E-state index contributed by atoms with van der Waals surface area (Å²) in [4.78, 5) is 11.9. The number of carbonyl (C=O) groups is 1. The summed E-state index contributed by atoms with van der Waals surface area (Å²) < 4.78 is 18.8. The molecule has 1 fully saturated rings. The first-order valence-electron chi connectivity index (χ1n) is 7.88. The van der Waals surface area contributed by atoms with E-state index in [-0.39, 0.29) is 29.9 Å². The fraction of sp³-hybridized carbons (Fsp3) is 0.588. The van der Waals surface area contributed by atoms with Crippen molar-refractivity contribution < 1.29 is 13.9 Å². The van der Waals surface area contributed by atoms with Crippen molar-refractivity contribution in [2.75, 3.05) is 13.2 Å². The maximum absolute atomic E-state index is 13.0. The van der Waals surface area contributed by atoms with Crippen LogP contribution in [0.2, 0.25) is 0 Å². The second-order valence-corrected chi connectivity index (χ2v) is 6.28. The quantitative estimate of drug-likeness (QED) is 0.877. The zero-order valence-electron chi connectivity index (χ0n) is 13.4. The Hall–Kier alpha value is -1.62. The van der Waals surface area contributed by atoms with Gasteiger partial charge in [0, 0.05) is 25.1 Å². The fourth-order valence-electron chi connectivity index (χ4n) is 2.51. The van der Waals surface area contributed by atoms with Crippen LogP contribution in [0.5, 0.6) is 0 Å². The van der Waals surface area contributed by atoms with Crippen molar-refractivity contribution in [2.24, 2.45) is 11.8 Å². The lowest BCUT2D eigenvalue weighted by Crippen LogP contribution is -2.44. The molecule has 5 heteroatoms. The average molecular weight is 308 g/mol. The molecule has 2 rings (SSSR count). The second-order valence-electron chi connectivity index (χ2n) is 6.28. The summed E-state index contributed by atoms with van der Waals surface area (Å²) >= 11 is 0. The molecular formula is C17H25FN2O2. The molecule has 0 unspecified atom stereocenters. The number of rotatable bonds is 5. The first kappa shape index (κ1) is 16.7. The van der Waals surface area contributed by atoms with Gasteiger partial charge in [0.15, 0.2) is 0 Å². The van der Waals surface area contributed by atoms with Crippen molar-refractivity contribution in [1.29, 1.82) is 0 Å². The Kier molecular flexibility index (Phi) is 5.77. The molecule has 0 saturated carbocycles. The number of hydrogen-bond acceptors (Lipinski definition) is 2. The molecule has 1 saturated heterocycles. The van der Waals surface area contributed by atoms with Crippen molar-refractivity contribution in [2.45, 2.75) is 39.3 Å². The number of urea groups is 1. The fourth-order valence-corrected chi connectivity index (χ4v) is 2.51. The Bertz CT molecular complexity index is 490. The number of benzene rings is 1. The molecule has 2 amide bonds. The lowest BCUT2D eigenvalue weighted by Gasteiger charge is -2.21. The highest BCUT2D eigenvalue weighted by Crippen LogP contribution is 2.34. The van der Waals surface area contributed by atoms with Gasteiger partial charge in [-0.05, 0) is 37.0 Å². The van der Waals surface area contributed by atoms with Crippen LogP contribution in [0, 0.1) is 17.7 Å². The summed E-state index contributed by atoms with van der Waals surface area (Å²) in [5.74, 6) is 0.358. The number of ether oxygens (including phenoxy) is 1. The largest absolute Gasteiger partial charge is 0.373 e. The van der Waals surface area contributed by atoms with Crippen LogP contribution in [0.3, 0.4) is 0 Å². The molecule has 4 nitrogen and oxygen atoms in total. The summed E-state index contributed by atoms with van der Waals surface area (Å²) in [6.07, 6.45) is 0.811. The van der Waals surface area contributed by atoms with E-state index in [0.717, 1.165) is 12.0 Å². The Morgan fingerprint density at radius 3 is 2.64 bits per heavy atom. The zero-order valence-corrected chi connectivity index (χ0v) is 13.4. The molecule has 0 spiro atoms. The molecule has 1 heterocycles. The van der Waals surface area contributed by atoms with E-state index < -0.39 is 0 Å². The van der Waals surface area contributed by atoms with Gasteiger partial charge >= 0.3 is 6.03 Å². The van der Waals surface area contributed by atoms with E-state index in [2.05, 4.69) is 24.5 Å². The van der Waals surface area contributed by atoms with Gasteiger partial charge in [0.1, 0.15) is 5.82 Å². The maximum atomic E-state index is 13.0. The third kappa shape index (κ3) is 4.44. The van der Waals surface area contributed by atoms with Crippen molar-refractivity contribution >= 4 is 6.03 Å². The Morgan fingerprint density at radius 2 is 2.00 bits per heavy atom. The van der Waals surface area contributed by atoms with Crippen LogP contribution < -0.4 is 10.6 Å². The van der Waals surface area contributed by atoms with Gasteiger partial charge in [-0.1, -0.05) is 26.0 Å². The molecule has 2 N–H and O–H groups in total. The minimum absolute atomic E-state index is 0.0802. The summed E-state index contributed by atoms with van der Waals surface area (Å²) in [6.45, 7) is 7.35. The van der Waals surface area contributed by atoms with Gasteiger partial charge in [-0.3, -0.25) is 0 Å². The summed E-state index contributed by atoms with van der Waals surface area (Å²) in [7, 11) is 0. The molecule has 0 aromatic heterocycles. The van der Waals surface area contributed by atoms with Gasteiger partial charge in [0.2, 0.25) is 0 Å². The molecule has 0 aliphatic carbocycles. The van der Waals surface area contributed by atoms with Crippen LogP contribution in [0.15, 0.2) is 24.3 Å². The van der Waals surface area contributed by atoms with E-state index in [4.69, 9.17) is 4.74 Å². The number of amides is 2. The number of carbonyl (C=O) groups excluding carboxylic acids is 1. The highest BCUT2D eigenvalue weighted by molar-refractivity contribution is 5.74.